The molecule has 0 amide bonds. The molecule has 2 fully saturated rings. The summed E-state index contributed by atoms with van der Waals surface area (Å²) in [6.07, 6.45) is 7.96. The number of pyridine rings is 3. The smallest absolute Gasteiger partial charge is 0.206 e. The number of rotatable bonds is 5. The predicted molar refractivity (Wildman–Crippen MR) is 156 cm³/mol. The molecular formula is C30H35N9O. The number of methoxy groups -OCH3 is 1. The van der Waals surface area contributed by atoms with E-state index in [1.165, 1.54) is 19.4 Å². The predicted octanol–water partition coefficient (Wildman–Crippen LogP) is 4.49. The van der Waals surface area contributed by atoms with E-state index in [9.17, 15) is 0 Å². The van der Waals surface area contributed by atoms with Crippen LogP contribution in [0, 0.1) is 6.92 Å². The number of aromatic nitrogens is 7. The fourth-order valence-electron chi connectivity index (χ4n) is 6.40. The maximum atomic E-state index is 5.60. The van der Waals surface area contributed by atoms with Crippen LogP contribution in [-0.4, -0.2) is 78.5 Å². The lowest BCUT2D eigenvalue weighted by molar-refractivity contribution is 0.229. The molecule has 10 heteroatoms. The van der Waals surface area contributed by atoms with Crippen molar-refractivity contribution < 1.29 is 4.74 Å². The molecule has 7 rings (SSSR count). The molecule has 206 valence electrons. The Bertz CT molecular complexity index is 1740. The van der Waals surface area contributed by atoms with Gasteiger partial charge in [0.25, 0.3) is 0 Å². The van der Waals surface area contributed by atoms with Gasteiger partial charge < -0.3 is 14.2 Å². The topological polar surface area (TPSA) is 90.0 Å². The SMILES string of the molecule is COc1ccncc1-c1cc2c(cnn2-c2cc3c(nc(N4CCN5CCCC5C4)n3C)c(C(C)C)n2)c(C)n1. The summed E-state index contributed by atoms with van der Waals surface area (Å²) in [5, 5.41) is 5.78. The third-order valence-corrected chi connectivity index (χ3v) is 8.53. The Morgan fingerprint density at radius 2 is 1.90 bits per heavy atom. The van der Waals surface area contributed by atoms with Crippen molar-refractivity contribution in [2.75, 3.05) is 38.2 Å². The van der Waals surface area contributed by atoms with Crippen LogP contribution in [0.15, 0.2) is 36.8 Å². The van der Waals surface area contributed by atoms with Crippen LogP contribution in [0.1, 0.15) is 44.0 Å². The number of hydrogen-bond acceptors (Lipinski definition) is 8. The average Bonchev–Trinajstić information content (AvgIpc) is 3.69. The molecule has 0 N–H and O–H groups in total. The molecule has 0 aromatic carbocycles. The van der Waals surface area contributed by atoms with Gasteiger partial charge in [0.1, 0.15) is 11.3 Å². The number of hydrogen-bond donors (Lipinski definition) is 0. The lowest BCUT2D eigenvalue weighted by Gasteiger charge is -2.37. The Morgan fingerprint density at radius 3 is 2.73 bits per heavy atom. The van der Waals surface area contributed by atoms with Gasteiger partial charge in [-0.25, -0.2) is 14.6 Å². The summed E-state index contributed by atoms with van der Waals surface area (Å²) >= 11 is 0. The second kappa shape index (κ2) is 9.55. The fourth-order valence-corrected chi connectivity index (χ4v) is 6.40. The van der Waals surface area contributed by atoms with Gasteiger partial charge in [-0.3, -0.25) is 14.9 Å². The minimum absolute atomic E-state index is 0.206. The first kappa shape index (κ1) is 25.0. The fraction of sp³-hybridized carbons (Fsp3) is 0.433. The first-order valence-corrected chi connectivity index (χ1v) is 14.1. The zero-order valence-electron chi connectivity index (χ0n) is 23.8. The van der Waals surface area contributed by atoms with Crippen molar-refractivity contribution in [3.63, 3.8) is 0 Å². The first-order chi connectivity index (χ1) is 19.4. The number of imidazole rings is 1. The average molecular weight is 538 g/mol. The van der Waals surface area contributed by atoms with E-state index in [4.69, 9.17) is 24.8 Å². The zero-order chi connectivity index (χ0) is 27.5. The van der Waals surface area contributed by atoms with Gasteiger partial charge in [0.15, 0.2) is 5.82 Å². The highest BCUT2D eigenvalue weighted by Gasteiger charge is 2.32. The number of piperazine rings is 1. The minimum Gasteiger partial charge on any atom is -0.496 e. The van der Waals surface area contributed by atoms with Crippen LogP contribution in [0.2, 0.25) is 0 Å². The molecule has 2 saturated heterocycles. The number of anilines is 1. The summed E-state index contributed by atoms with van der Waals surface area (Å²) in [6.45, 7) is 10.7. The van der Waals surface area contributed by atoms with Crippen LogP contribution in [-0.2, 0) is 7.05 Å². The van der Waals surface area contributed by atoms with E-state index in [-0.39, 0.29) is 5.92 Å². The third kappa shape index (κ3) is 3.92. The first-order valence-electron chi connectivity index (χ1n) is 14.1. The van der Waals surface area contributed by atoms with E-state index >= 15 is 0 Å². The summed E-state index contributed by atoms with van der Waals surface area (Å²) < 4.78 is 9.76. The maximum absolute atomic E-state index is 5.60. The Kier molecular flexibility index (Phi) is 5.96. The molecule has 0 aliphatic carbocycles. The molecule has 7 heterocycles. The molecule has 1 unspecified atom stereocenters. The summed E-state index contributed by atoms with van der Waals surface area (Å²) in [7, 11) is 3.79. The Labute approximate surface area is 233 Å². The molecule has 5 aromatic rings. The summed E-state index contributed by atoms with van der Waals surface area (Å²) in [5.74, 6) is 2.74. The van der Waals surface area contributed by atoms with E-state index in [0.29, 0.717) is 6.04 Å². The third-order valence-electron chi connectivity index (χ3n) is 8.53. The van der Waals surface area contributed by atoms with Crippen molar-refractivity contribution in [2.45, 2.75) is 45.6 Å². The molecular weight excluding hydrogens is 502 g/mol. The Morgan fingerprint density at radius 1 is 1.02 bits per heavy atom. The van der Waals surface area contributed by atoms with Crippen molar-refractivity contribution in [2.24, 2.45) is 7.05 Å². The molecule has 0 radical (unpaired) electrons. The normalized spacial score (nSPS) is 17.9. The van der Waals surface area contributed by atoms with Crippen LogP contribution in [0.5, 0.6) is 5.75 Å². The van der Waals surface area contributed by atoms with Gasteiger partial charge >= 0.3 is 0 Å². The van der Waals surface area contributed by atoms with Gasteiger partial charge in [-0.15, -0.1) is 0 Å². The largest absolute Gasteiger partial charge is 0.496 e. The number of fused-ring (bicyclic) bond motifs is 3. The summed E-state index contributed by atoms with van der Waals surface area (Å²) in [6, 6.07) is 6.65. The standard InChI is InChI=1S/C30H35N9O/c1-18(2)28-29-25(36(4)30(35-29)38-12-11-37-10-6-7-20(37)17-38)14-27(34-28)39-24-13-23(33-19(3)21(24)16-32-39)22-15-31-9-8-26(22)40-5/h8-9,13-16,18,20H,6-7,10-12,17H2,1-5H3. The minimum atomic E-state index is 0.206. The number of aryl methyl sites for hydroxylation is 2. The number of ether oxygens (including phenoxy) is 1. The van der Waals surface area contributed by atoms with Crippen LogP contribution >= 0.6 is 0 Å². The van der Waals surface area contributed by atoms with Crippen molar-refractivity contribution in [3.8, 4) is 22.8 Å². The van der Waals surface area contributed by atoms with Crippen LogP contribution < -0.4 is 9.64 Å². The Hall–Kier alpha value is -4.05. The molecule has 10 nitrogen and oxygen atoms in total. The summed E-state index contributed by atoms with van der Waals surface area (Å²) in [5.41, 5.74) is 6.49. The van der Waals surface area contributed by atoms with Crippen molar-refractivity contribution in [1.82, 2.24) is 39.2 Å². The quantitative estimate of drug-likeness (QED) is 0.324. The monoisotopic (exact) mass is 537 g/mol. The molecule has 40 heavy (non-hydrogen) atoms. The highest BCUT2D eigenvalue weighted by molar-refractivity contribution is 5.88. The maximum Gasteiger partial charge on any atom is 0.206 e. The van der Waals surface area contributed by atoms with Gasteiger partial charge in [0.05, 0.1) is 41.3 Å². The van der Waals surface area contributed by atoms with Crippen LogP contribution in [0.4, 0.5) is 5.95 Å². The Balaban J connectivity index is 1.37. The summed E-state index contributed by atoms with van der Waals surface area (Å²) in [4.78, 5) is 24.6. The van der Waals surface area contributed by atoms with Gasteiger partial charge in [0.2, 0.25) is 5.95 Å². The molecule has 5 aromatic heterocycles. The van der Waals surface area contributed by atoms with E-state index < -0.39 is 0 Å². The van der Waals surface area contributed by atoms with Crippen molar-refractivity contribution in [1.29, 1.82) is 0 Å². The van der Waals surface area contributed by atoms with E-state index in [0.717, 1.165) is 81.7 Å². The highest BCUT2D eigenvalue weighted by Crippen LogP contribution is 2.34. The zero-order valence-corrected chi connectivity index (χ0v) is 23.8. The van der Waals surface area contributed by atoms with Gasteiger partial charge in [-0.1, -0.05) is 13.8 Å². The molecule has 0 saturated carbocycles. The van der Waals surface area contributed by atoms with Gasteiger partial charge in [-0.05, 0) is 44.4 Å². The molecule has 0 bridgehead atoms. The van der Waals surface area contributed by atoms with E-state index in [1.807, 2.05) is 29.9 Å². The van der Waals surface area contributed by atoms with E-state index in [2.05, 4.69) is 46.3 Å². The molecule has 0 spiro atoms. The second-order valence-corrected chi connectivity index (χ2v) is 11.3. The lowest BCUT2D eigenvalue weighted by atomic mass is 10.1. The van der Waals surface area contributed by atoms with Gasteiger partial charge in [0, 0.05) is 62.3 Å². The highest BCUT2D eigenvalue weighted by atomic mass is 16.5. The second-order valence-electron chi connectivity index (χ2n) is 11.3. The van der Waals surface area contributed by atoms with Crippen LogP contribution in [0.25, 0.3) is 39.0 Å². The van der Waals surface area contributed by atoms with E-state index in [1.54, 1.807) is 19.5 Å². The van der Waals surface area contributed by atoms with Crippen molar-refractivity contribution >= 4 is 27.9 Å². The molecule has 1 atom stereocenters. The van der Waals surface area contributed by atoms with Crippen LogP contribution in [0.3, 0.4) is 0 Å². The molecule has 2 aliphatic heterocycles. The lowest BCUT2D eigenvalue weighted by Crippen LogP contribution is -2.50. The molecule has 2 aliphatic rings. The number of nitrogens with zero attached hydrogens (tertiary/aromatic N) is 9. The van der Waals surface area contributed by atoms with Crippen molar-refractivity contribution in [3.05, 3.63) is 48.2 Å². The van der Waals surface area contributed by atoms with Gasteiger partial charge in [-0.2, -0.15) is 5.10 Å².